The Morgan fingerprint density at radius 3 is 1.92 bits per heavy atom. The number of fused-ring (bicyclic) bond motifs is 1. The SMILES string of the molecule is C=C.CC(C)(C)c1c[cH-]c2ccccc12.Cc1cc[cH-]c1.[Cl-].[Cl-].[Zr+4]. The second-order valence-electron chi connectivity index (χ2n) is 6.05. The van der Waals surface area contributed by atoms with Crippen molar-refractivity contribution in [2.75, 3.05) is 0 Å². The van der Waals surface area contributed by atoms with E-state index >= 15 is 0 Å². The third kappa shape index (κ3) is 8.47. The molecule has 3 aromatic rings. The molecule has 0 nitrogen and oxygen atoms in total. The molecule has 0 saturated carbocycles. The summed E-state index contributed by atoms with van der Waals surface area (Å²) in [7, 11) is 0. The van der Waals surface area contributed by atoms with Crippen LogP contribution in [0.1, 0.15) is 31.9 Å². The quantitative estimate of drug-likeness (QED) is 0.350. The van der Waals surface area contributed by atoms with E-state index in [1.54, 1.807) is 0 Å². The first-order valence-electron chi connectivity index (χ1n) is 7.32. The molecule has 0 aliphatic rings. The molecule has 0 unspecified atom stereocenters. The molecule has 0 saturated heterocycles. The predicted molar refractivity (Wildman–Crippen MR) is 96.3 cm³/mol. The number of halogens is 2. The Labute approximate surface area is 179 Å². The topological polar surface area (TPSA) is 0 Å². The first-order chi connectivity index (χ1) is 9.98. The van der Waals surface area contributed by atoms with Crippen molar-refractivity contribution in [3.8, 4) is 0 Å². The van der Waals surface area contributed by atoms with Gasteiger partial charge in [-0.3, -0.25) is 0 Å². The van der Waals surface area contributed by atoms with E-state index in [0.717, 1.165) is 0 Å². The Balaban J connectivity index is -0.000000347. The van der Waals surface area contributed by atoms with Gasteiger partial charge in [0.1, 0.15) is 0 Å². The standard InChI is InChI=1S/C13H15.C6H7.C2H4.2ClH.Zr/c1-13(2,3)12-9-8-10-6-4-5-7-11(10)12;1-6-4-2-3-5-6;1-2;;;/h4-9H,1-3H3;2-5H,1H3;1-2H2;2*1H;/q2*-1;;;;+4/p-2. The average Bonchev–Trinajstić information content (AvgIpc) is 3.09. The summed E-state index contributed by atoms with van der Waals surface area (Å²) in [5.41, 5.74) is 3.04. The van der Waals surface area contributed by atoms with E-state index in [1.165, 1.54) is 21.9 Å². The fourth-order valence-electron chi connectivity index (χ4n) is 2.27. The summed E-state index contributed by atoms with van der Waals surface area (Å²) in [6, 6.07) is 21.3. The van der Waals surface area contributed by atoms with Crippen LogP contribution < -0.4 is 24.8 Å². The first kappa shape index (κ1) is 28.2. The zero-order valence-electron chi connectivity index (χ0n) is 14.9. The van der Waals surface area contributed by atoms with E-state index in [-0.39, 0.29) is 56.4 Å². The Kier molecular flexibility index (Phi) is 16.0. The fourth-order valence-corrected chi connectivity index (χ4v) is 2.27. The van der Waals surface area contributed by atoms with Gasteiger partial charge in [0.25, 0.3) is 0 Å². The van der Waals surface area contributed by atoms with E-state index in [1.807, 2.05) is 12.1 Å². The molecule has 0 aliphatic heterocycles. The summed E-state index contributed by atoms with van der Waals surface area (Å²) in [4.78, 5) is 0. The van der Waals surface area contributed by atoms with Gasteiger partial charge in [0.05, 0.1) is 0 Å². The van der Waals surface area contributed by atoms with Crippen LogP contribution in [0.4, 0.5) is 0 Å². The fraction of sp³-hybridized carbons (Fsp3) is 0.238. The number of rotatable bonds is 0. The van der Waals surface area contributed by atoms with Crippen LogP contribution in [-0.4, -0.2) is 0 Å². The second-order valence-corrected chi connectivity index (χ2v) is 6.05. The molecule has 3 rings (SSSR count). The normalized spacial score (nSPS) is 9.00. The van der Waals surface area contributed by atoms with Gasteiger partial charge in [-0.25, -0.2) is 11.6 Å². The van der Waals surface area contributed by atoms with Gasteiger partial charge in [0.15, 0.2) is 0 Å². The number of hydrogen-bond donors (Lipinski definition) is 0. The molecule has 0 aromatic heterocycles. The molecule has 24 heavy (non-hydrogen) atoms. The van der Waals surface area contributed by atoms with Crippen molar-refractivity contribution in [3.05, 3.63) is 84.9 Å². The summed E-state index contributed by atoms with van der Waals surface area (Å²) >= 11 is 0. The van der Waals surface area contributed by atoms with Crippen LogP contribution in [0, 0.1) is 6.92 Å². The van der Waals surface area contributed by atoms with Gasteiger partial charge in [-0.1, -0.05) is 39.2 Å². The summed E-state index contributed by atoms with van der Waals surface area (Å²) < 4.78 is 0. The van der Waals surface area contributed by atoms with Gasteiger partial charge < -0.3 is 24.8 Å². The third-order valence-corrected chi connectivity index (χ3v) is 3.32. The molecule has 3 heteroatoms. The summed E-state index contributed by atoms with van der Waals surface area (Å²) in [6.07, 6.45) is 0. The molecule has 0 atom stereocenters. The Bertz CT molecular complexity index is 646. The van der Waals surface area contributed by atoms with Crippen LogP contribution in [0.15, 0.2) is 73.8 Å². The van der Waals surface area contributed by atoms with Crippen molar-refractivity contribution < 1.29 is 51.0 Å². The Morgan fingerprint density at radius 1 is 0.917 bits per heavy atom. The second kappa shape index (κ2) is 13.6. The van der Waals surface area contributed by atoms with E-state index in [4.69, 9.17) is 0 Å². The van der Waals surface area contributed by atoms with Gasteiger partial charge in [0.2, 0.25) is 0 Å². The van der Waals surface area contributed by atoms with Crippen LogP contribution in [0.2, 0.25) is 0 Å². The smallest absolute Gasteiger partial charge is 1.00 e. The average molecular weight is 441 g/mol. The molecule has 0 spiro atoms. The molecule has 128 valence electrons. The van der Waals surface area contributed by atoms with E-state index in [0.29, 0.717) is 0 Å². The molecule has 0 bridgehead atoms. The summed E-state index contributed by atoms with van der Waals surface area (Å²) in [6.45, 7) is 14.9. The van der Waals surface area contributed by atoms with E-state index in [9.17, 15) is 0 Å². The molecular weight excluding hydrogens is 414 g/mol. The molecule has 3 aromatic carbocycles. The maximum absolute atomic E-state index is 3.00. The molecule has 0 heterocycles. The van der Waals surface area contributed by atoms with E-state index < -0.39 is 0 Å². The van der Waals surface area contributed by atoms with Gasteiger partial charge >= 0.3 is 26.2 Å². The Morgan fingerprint density at radius 2 is 1.50 bits per heavy atom. The van der Waals surface area contributed by atoms with Gasteiger partial charge in [-0.2, -0.15) is 18.2 Å². The summed E-state index contributed by atoms with van der Waals surface area (Å²) in [5, 5.41) is 2.75. The molecular formula is C21H26Cl2Zr. The van der Waals surface area contributed by atoms with Gasteiger partial charge in [-0.15, -0.1) is 59.8 Å². The van der Waals surface area contributed by atoms with Crippen molar-refractivity contribution in [3.63, 3.8) is 0 Å². The van der Waals surface area contributed by atoms with Crippen molar-refractivity contribution in [1.82, 2.24) is 0 Å². The molecule has 0 radical (unpaired) electrons. The zero-order valence-corrected chi connectivity index (χ0v) is 18.9. The van der Waals surface area contributed by atoms with Crippen LogP contribution in [0.5, 0.6) is 0 Å². The largest absolute Gasteiger partial charge is 4.00 e. The van der Waals surface area contributed by atoms with Crippen LogP contribution >= 0.6 is 0 Å². The van der Waals surface area contributed by atoms with Crippen molar-refractivity contribution >= 4 is 10.8 Å². The van der Waals surface area contributed by atoms with Crippen LogP contribution in [0.3, 0.4) is 0 Å². The molecule has 0 amide bonds. The molecule has 0 aliphatic carbocycles. The number of benzene rings is 1. The van der Waals surface area contributed by atoms with Crippen LogP contribution in [0.25, 0.3) is 10.8 Å². The van der Waals surface area contributed by atoms with Crippen molar-refractivity contribution in [1.29, 1.82) is 0 Å². The van der Waals surface area contributed by atoms with Crippen molar-refractivity contribution in [2.45, 2.75) is 33.1 Å². The monoisotopic (exact) mass is 438 g/mol. The minimum atomic E-state index is 0. The number of aryl methyl sites for hydroxylation is 1. The maximum atomic E-state index is 3.00. The Hall–Kier alpha value is -0.617. The van der Waals surface area contributed by atoms with Crippen LogP contribution in [-0.2, 0) is 31.6 Å². The van der Waals surface area contributed by atoms with Gasteiger partial charge in [0, 0.05) is 0 Å². The van der Waals surface area contributed by atoms with Gasteiger partial charge in [-0.05, 0) is 0 Å². The minimum Gasteiger partial charge on any atom is -1.00 e. The molecule has 0 fully saturated rings. The first-order valence-corrected chi connectivity index (χ1v) is 7.32. The summed E-state index contributed by atoms with van der Waals surface area (Å²) in [5.74, 6) is 0. The zero-order chi connectivity index (χ0) is 15.9. The molecule has 0 N–H and O–H groups in total. The van der Waals surface area contributed by atoms with E-state index in [2.05, 4.69) is 89.4 Å². The predicted octanol–water partition coefficient (Wildman–Crippen LogP) is 0.378. The third-order valence-electron chi connectivity index (χ3n) is 3.32. The van der Waals surface area contributed by atoms with Crippen molar-refractivity contribution in [2.24, 2.45) is 0 Å². The minimum absolute atomic E-state index is 0. The maximum Gasteiger partial charge on any atom is 4.00 e. The number of hydrogen-bond acceptors (Lipinski definition) is 0.